The number of halogens is 1. The number of aromatic nitrogens is 2. The van der Waals surface area contributed by atoms with Gasteiger partial charge in [-0.1, -0.05) is 24.9 Å². The molecule has 4 rings (SSSR count). The molecule has 3 fully saturated rings. The Bertz CT molecular complexity index is 473. The van der Waals surface area contributed by atoms with Gasteiger partial charge in [0.15, 0.2) is 5.15 Å². The fourth-order valence-corrected chi connectivity index (χ4v) is 4.03. The molecule has 1 aromatic heterocycles. The van der Waals surface area contributed by atoms with Crippen LogP contribution in [-0.4, -0.2) is 52.5 Å². The molecule has 0 aliphatic carbocycles. The van der Waals surface area contributed by atoms with E-state index in [-0.39, 0.29) is 0 Å². The number of hydrogen-bond donors (Lipinski definition) is 1. The van der Waals surface area contributed by atoms with Crippen LogP contribution in [0.1, 0.15) is 44.1 Å². The molecule has 4 nitrogen and oxygen atoms in total. The molecule has 0 amide bonds. The molecule has 1 aromatic rings. The van der Waals surface area contributed by atoms with Crippen molar-refractivity contribution in [2.75, 3.05) is 26.7 Å². The first-order chi connectivity index (χ1) is 10.2. The van der Waals surface area contributed by atoms with Gasteiger partial charge in [-0.3, -0.25) is 4.90 Å². The number of nitrogens with zero attached hydrogens (tertiary/aromatic N) is 3. The fourth-order valence-electron chi connectivity index (χ4n) is 3.82. The van der Waals surface area contributed by atoms with Gasteiger partial charge in [0, 0.05) is 38.6 Å². The highest BCUT2D eigenvalue weighted by atomic mass is 35.5. The third kappa shape index (κ3) is 3.61. The molecule has 3 aliphatic heterocycles. The van der Waals surface area contributed by atoms with Gasteiger partial charge in [-0.15, -0.1) is 0 Å². The van der Waals surface area contributed by atoms with Crippen LogP contribution in [0, 0.1) is 5.92 Å². The van der Waals surface area contributed by atoms with Crippen LogP contribution in [-0.2, 0) is 13.0 Å². The van der Waals surface area contributed by atoms with Crippen molar-refractivity contribution in [3.63, 3.8) is 0 Å². The molecule has 21 heavy (non-hydrogen) atoms. The number of imidazole rings is 1. The first-order valence-corrected chi connectivity index (χ1v) is 8.69. The van der Waals surface area contributed by atoms with Crippen molar-refractivity contribution in [2.45, 2.75) is 51.6 Å². The first kappa shape index (κ1) is 15.3. The SMILES string of the molecule is CCCCc1nc(Cl)c(CN2CC3CCC2CN(C)C3)[nH]1. The Kier molecular flexibility index (Phi) is 4.87. The molecular weight excluding hydrogens is 284 g/mol. The lowest BCUT2D eigenvalue weighted by atomic mass is 9.95. The van der Waals surface area contributed by atoms with E-state index < -0.39 is 0 Å². The van der Waals surface area contributed by atoms with Gasteiger partial charge in [0.2, 0.25) is 0 Å². The number of rotatable bonds is 5. The smallest absolute Gasteiger partial charge is 0.151 e. The normalized spacial score (nSPS) is 27.2. The zero-order valence-electron chi connectivity index (χ0n) is 13.2. The fraction of sp³-hybridized carbons (Fsp3) is 0.812. The van der Waals surface area contributed by atoms with E-state index >= 15 is 0 Å². The Labute approximate surface area is 132 Å². The lowest BCUT2D eigenvalue weighted by Crippen LogP contribution is -2.43. The predicted octanol–water partition coefficient (Wildman–Crippen LogP) is 2.93. The zero-order valence-corrected chi connectivity index (χ0v) is 14.0. The van der Waals surface area contributed by atoms with Crippen LogP contribution >= 0.6 is 11.6 Å². The highest BCUT2D eigenvalue weighted by molar-refractivity contribution is 6.30. The average Bonchev–Trinajstić information content (AvgIpc) is 2.61. The Morgan fingerprint density at radius 1 is 1.29 bits per heavy atom. The van der Waals surface area contributed by atoms with Crippen LogP contribution in [0.4, 0.5) is 0 Å². The third-order valence-electron chi connectivity index (χ3n) is 4.92. The number of fused-ring (bicyclic) bond motifs is 4. The summed E-state index contributed by atoms with van der Waals surface area (Å²) in [5.74, 6) is 1.86. The number of likely N-dealkylation sites (N-methyl/N-ethyl adjacent to an activating group) is 1. The van der Waals surface area contributed by atoms with Gasteiger partial charge < -0.3 is 9.88 Å². The molecular formula is C16H27ClN4. The van der Waals surface area contributed by atoms with Crippen LogP contribution in [0.25, 0.3) is 0 Å². The molecule has 2 unspecified atom stereocenters. The van der Waals surface area contributed by atoms with Gasteiger partial charge in [-0.2, -0.15) is 0 Å². The lowest BCUT2D eigenvalue weighted by Gasteiger charge is -2.35. The van der Waals surface area contributed by atoms with E-state index in [0.29, 0.717) is 11.2 Å². The summed E-state index contributed by atoms with van der Waals surface area (Å²) in [6.45, 7) is 6.76. The quantitative estimate of drug-likeness (QED) is 0.908. The van der Waals surface area contributed by atoms with Crippen LogP contribution in [0.15, 0.2) is 0 Å². The summed E-state index contributed by atoms with van der Waals surface area (Å²) < 4.78 is 0. The predicted molar refractivity (Wildman–Crippen MR) is 86.6 cm³/mol. The second kappa shape index (κ2) is 6.67. The first-order valence-electron chi connectivity index (χ1n) is 8.31. The van der Waals surface area contributed by atoms with Gasteiger partial charge in [0.25, 0.3) is 0 Å². The summed E-state index contributed by atoms with van der Waals surface area (Å²) in [6, 6.07) is 0.673. The van der Waals surface area contributed by atoms with Gasteiger partial charge >= 0.3 is 0 Å². The number of piperidine rings is 1. The van der Waals surface area contributed by atoms with Crippen molar-refractivity contribution < 1.29 is 0 Å². The van der Waals surface area contributed by atoms with Crippen molar-refractivity contribution in [1.82, 2.24) is 19.8 Å². The number of aromatic amines is 1. The summed E-state index contributed by atoms with van der Waals surface area (Å²) in [6.07, 6.45) is 6.07. The Morgan fingerprint density at radius 3 is 2.95 bits per heavy atom. The van der Waals surface area contributed by atoms with Crippen molar-refractivity contribution in [3.05, 3.63) is 16.7 Å². The molecule has 3 saturated heterocycles. The topological polar surface area (TPSA) is 35.2 Å². The van der Waals surface area contributed by atoms with Gasteiger partial charge in [-0.25, -0.2) is 4.98 Å². The summed E-state index contributed by atoms with van der Waals surface area (Å²) >= 11 is 6.34. The van der Waals surface area contributed by atoms with E-state index in [9.17, 15) is 0 Å². The highest BCUT2D eigenvalue weighted by Gasteiger charge is 2.33. The van der Waals surface area contributed by atoms with Crippen LogP contribution in [0.2, 0.25) is 5.15 Å². The Hall–Kier alpha value is -0.580. The van der Waals surface area contributed by atoms with Crippen LogP contribution in [0.3, 0.4) is 0 Å². The van der Waals surface area contributed by atoms with Gasteiger partial charge in [0.1, 0.15) is 5.82 Å². The molecule has 5 heteroatoms. The number of nitrogens with one attached hydrogen (secondary N) is 1. The number of hydrogen-bond acceptors (Lipinski definition) is 3. The number of H-pyrrole nitrogens is 1. The Balaban J connectivity index is 1.67. The molecule has 0 radical (unpaired) electrons. The van der Waals surface area contributed by atoms with Crippen molar-refractivity contribution in [3.8, 4) is 0 Å². The number of aryl methyl sites for hydroxylation is 1. The highest BCUT2D eigenvalue weighted by Crippen LogP contribution is 2.29. The van der Waals surface area contributed by atoms with Crippen LogP contribution in [0.5, 0.6) is 0 Å². The minimum Gasteiger partial charge on any atom is -0.344 e. The second-order valence-electron chi connectivity index (χ2n) is 6.80. The lowest BCUT2D eigenvalue weighted by molar-refractivity contribution is 0.123. The average molecular weight is 311 g/mol. The molecule has 2 bridgehead atoms. The standard InChI is InChI=1S/C16H27ClN4/c1-3-4-5-15-18-14(16(17)19-15)11-21-9-12-6-7-13(21)10-20(2)8-12/h12-13H,3-11H2,1-2H3,(H,18,19). The van der Waals surface area contributed by atoms with E-state index in [1.807, 2.05) is 0 Å². The maximum Gasteiger partial charge on any atom is 0.151 e. The summed E-state index contributed by atoms with van der Waals surface area (Å²) in [7, 11) is 2.25. The molecule has 118 valence electrons. The largest absolute Gasteiger partial charge is 0.344 e. The minimum absolute atomic E-state index is 0.673. The van der Waals surface area contributed by atoms with E-state index in [0.717, 1.165) is 30.4 Å². The molecule has 4 heterocycles. The second-order valence-corrected chi connectivity index (χ2v) is 7.16. The zero-order chi connectivity index (χ0) is 14.8. The summed E-state index contributed by atoms with van der Waals surface area (Å²) in [5, 5.41) is 0.676. The minimum atomic E-state index is 0.673. The molecule has 0 spiro atoms. The molecule has 3 aliphatic rings. The summed E-state index contributed by atoms with van der Waals surface area (Å²) in [5.41, 5.74) is 1.11. The molecule has 2 atom stereocenters. The van der Waals surface area contributed by atoms with Gasteiger partial charge in [-0.05, 0) is 32.2 Å². The van der Waals surface area contributed by atoms with Crippen molar-refractivity contribution >= 4 is 11.6 Å². The maximum absolute atomic E-state index is 6.34. The van der Waals surface area contributed by atoms with Crippen molar-refractivity contribution in [2.24, 2.45) is 5.92 Å². The van der Waals surface area contributed by atoms with E-state index in [2.05, 4.69) is 33.7 Å². The van der Waals surface area contributed by atoms with Gasteiger partial charge in [0.05, 0.1) is 5.69 Å². The van der Waals surface area contributed by atoms with E-state index in [1.54, 1.807) is 0 Å². The maximum atomic E-state index is 6.34. The molecule has 0 aromatic carbocycles. The molecule has 0 saturated carbocycles. The monoisotopic (exact) mass is 310 g/mol. The summed E-state index contributed by atoms with van der Waals surface area (Å²) in [4.78, 5) is 13.0. The number of unbranched alkanes of at least 4 members (excludes halogenated alkanes) is 1. The van der Waals surface area contributed by atoms with E-state index in [4.69, 9.17) is 11.6 Å². The van der Waals surface area contributed by atoms with Crippen LogP contribution < -0.4 is 0 Å². The Morgan fingerprint density at radius 2 is 2.14 bits per heavy atom. The molecule has 1 N–H and O–H groups in total. The van der Waals surface area contributed by atoms with Crippen molar-refractivity contribution in [1.29, 1.82) is 0 Å². The van der Waals surface area contributed by atoms with E-state index in [1.165, 1.54) is 45.3 Å². The third-order valence-corrected chi connectivity index (χ3v) is 5.23.